The summed E-state index contributed by atoms with van der Waals surface area (Å²) in [6.07, 6.45) is 5.39. The van der Waals surface area contributed by atoms with Crippen molar-refractivity contribution in [1.82, 2.24) is 14.9 Å². The number of rotatable bonds is 2. The predicted molar refractivity (Wildman–Crippen MR) is 91.7 cm³/mol. The molecule has 25 heavy (non-hydrogen) atoms. The van der Waals surface area contributed by atoms with Crippen LogP contribution in [-0.4, -0.2) is 15.5 Å². The van der Waals surface area contributed by atoms with Gasteiger partial charge >= 0.3 is 0 Å². The zero-order valence-electron chi connectivity index (χ0n) is 13.3. The van der Waals surface area contributed by atoms with Crippen molar-refractivity contribution in [1.29, 1.82) is 0 Å². The number of nitrogens with zero attached hydrogens (tertiary/aromatic N) is 2. The van der Waals surface area contributed by atoms with Gasteiger partial charge in [0.25, 0.3) is 11.5 Å². The fraction of sp³-hybridized carbons (Fsp3) is 0.353. The Bertz CT molecular complexity index is 904. The van der Waals surface area contributed by atoms with Gasteiger partial charge in [0.2, 0.25) is 0 Å². The minimum Gasteiger partial charge on any atom is -0.336 e. The standard InChI is InChI=1S/C17H16ClFN4O2/c18-11-8-12(21-13-5-4-10(19)9-20-13)16(25)23-14(11)15(24)22-17(23)6-2-1-3-7-17/h4-5,8-9H,1-3,6-7H2,(H,20,21)(H,22,24). The molecule has 0 saturated heterocycles. The van der Waals surface area contributed by atoms with Crippen LogP contribution in [0.5, 0.6) is 0 Å². The SMILES string of the molecule is O=C1NC2(CCCCC2)n2c1c(Cl)cc(Nc1ccc(F)cn1)c2=O. The van der Waals surface area contributed by atoms with Gasteiger partial charge in [-0.25, -0.2) is 9.37 Å². The number of nitrogens with one attached hydrogen (secondary N) is 2. The van der Waals surface area contributed by atoms with Crippen LogP contribution in [-0.2, 0) is 5.66 Å². The second kappa shape index (κ2) is 5.84. The highest BCUT2D eigenvalue weighted by Gasteiger charge is 2.45. The van der Waals surface area contributed by atoms with Gasteiger partial charge in [-0.15, -0.1) is 0 Å². The summed E-state index contributed by atoms with van der Waals surface area (Å²) in [6.45, 7) is 0. The highest BCUT2D eigenvalue weighted by Crippen LogP contribution is 2.38. The number of aromatic nitrogens is 2. The lowest BCUT2D eigenvalue weighted by Crippen LogP contribution is -2.48. The van der Waals surface area contributed by atoms with Gasteiger partial charge in [0.1, 0.15) is 28.7 Å². The molecule has 1 saturated carbocycles. The third-order valence-electron chi connectivity index (χ3n) is 4.81. The average Bonchev–Trinajstić information content (AvgIpc) is 2.87. The lowest BCUT2D eigenvalue weighted by Gasteiger charge is -2.35. The zero-order valence-corrected chi connectivity index (χ0v) is 14.1. The van der Waals surface area contributed by atoms with Gasteiger partial charge in [0, 0.05) is 0 Å². The molecule has 0 aromatic carbocycles. The summed E-state index contributed by atoms with van der Waals surface area (Å²) in [4.78, 5) is 29.3. The van der Waals surface area contributed by atoms with Crippen LogP contribution in [0.2, 0.25) is 5.02 Å². The van der Waals surface area contributed by atoms with E-state index in [0.29, 0.717) is 18.7 Å². The van der Waals surface area contributed by atoms with Crippen molar-refractivity contribution in [2.75, 3.05) is 5.32 Å². The van der Waals surface area contributed by atoms with Crippen LogP contribution in [0.4, 0.5) is 15.9 Å². The molecule has 0 unspecified atom stereocenters. The minimum atomic E-state index is -0.709. The first kappa shape index (κ1) is 16.1. The van der Waals surface area contributed by atoms with Gasteiger partial charge in [-0.2, -0.15) is 0 Å². The molecule has 8 heteroatoms. The number of carbonyl (C=O) groups excluding carboxylic acids is 1. The lowest BCUT2D eigenvalue weighted by atomic mass is 9.89. The van der Waals surface area contributed by atoms with E-state index in [4.69, 9.17) is 11.6 Å². The van der Waals surface area contributed by atoms with E-state index in [0.717, 1.165) is 25.5 Å². The lowest BCUT2D eigenvalue weighted by molar-refractivity contribution is 0.0877. The number of halogens is 2. The maximum Gasteiger partial charge on any atom is 0.276 e. The predicted octanol–water partition coefficient (Wildman–Crippen LogP) is 3.14. The summed E-state index contributed by atoms with van der Waals surface area (Å²) in [5.74, 6) is -0.467. The summed E-state index contributed by atoms with van der Waals surface area (Å²) in [6, 6.07) is 4.10. The van der Waals surface area contributed by atoms with Crippen LogP contribution in [0.25, 0.3) is 0 Å². The Morgan fingerprint density at radius 3 is 2.68 bits per heavy atom. The number of amides is 1. The van der Waals surface area contributed by atoms with Crippen molar-refractivity contribution in [3.63, 3.8) is 0 Å². The molecule has 6 nitrogen and oxygen atoms in total. The molecule has 2 N–H and O–H groups in total. The normalized spacial score (nSPS) is 18.1. The van der Waals surface area contributed by atoms with Crippen LogP contribution < -0.4 is 16.2 Å². The van der Waals surface area contributed by atoms with Crippen molar-refractivity contribution < 1.29 is 9.18 Å². The van der Waals surface area contributed by atoms with Gasteiger partial charge in [-0.3, -0.25) is 14.2 Å². The molecule has 0 bridgehead atoms. The quantitative estimate of drug-likeness (QED) is 0.860. The van der Waals surface area contributed by atoms with Crippen molar-refractivity contribution in [2.24, 2.45) is 0 Å². The van der Waals surface area contributed by atoms with Crippen LogP contribution in [0.3, 0.4) is 0 Å². The van der Waals surface area contributed by atoms with Crippen LogP contribution in [0, 0.1) is 5.82 Å². The summed E-state index contributed by atoms with van der Waals surface area (Å²) in [7, 11) is 0. The van der Waals surface area contributed by atoms with Gasteiger partial charge in [0.05, 0.1) is 11.2 Å². The van der Waals surface area contributed by atoms with E-state index < -0.39 is 11.5 Å². The molecule has 1 fully saturated rings. The summed E-state index contributed by atoms with van der Waals surface area (Å²) in [5.41, 5.74) is -0.648. The van der Waals surface area contributed by atoms with E-state index in [9.17, 15) is 14.0 Å². The van der Waals surface area contributed by atoms with Crippen LogP contribution in [0.15, 0.2) is 29.2 Å². The van der Waals surface area contributed by atoms with E-state index in [1.54, 1.807) is 0 Å². The third-order valence-corrected chi connectivity index (χ3v) is 5.10. The Morgan fingerprint density at radius 2 is 2.00 bits per heavy atom. The largest absolute Gasteiger partial charge is 0.336 e. The number of anilines is 2. The molecule has 1 spiro atoms. The minimum absolute atomic E-state index is 0.198. The average molecular weight is 363 g/mol. The Balaban J connectivity index is 1.82. The van der Waals surface area contributed by atoms with E-state index in [-0.39, 0.29) is 27.9 Å². The molecule has 2 aliphatic rings. The second-order valence-electron chi connectivity index (χ2n) is 6.43. The summed E-state index contributed by atoms with van der Waals surface area (Å²) in [5, 5.41) is 6.03. The van der Waals surface area contributed by atoms with Crippen molar-refractivity contribution in [3.8, 4) is 0 Å². The second-order valence-corrected chi connectivity index (χ2v) is 6.84. The monoisotopic (exact) mass is 362 g/mol. The Hall–Kier alpha value is -2.41. The van der Waals surface area contributed by atoms with Crippen molar-refractivity contribution in [2.45, 2.75) is 37.8 Å². The number of carbonyl (C=O) groups is 1. The molecule has 1 aliphatic heterocycles. The van der Waals surface area contributed by atoms with Gasteiger partial charge in [0.15, 0.2) is 0 Å². The molecule has 130 valence electrons. The van der Waals surface area contributed by atoms with Gasteiger partial charge < -0.3 is 10.6 Å². The third kappa shape index (κ3) is 2.59. The number of hydrogen-bond donors (Lipinski definition) is 2. The molecule has 2 aromatic rings. The van der Waals surface area contributed by atoms with Crippen LogP contribution >= 0.6 is 11.6 Å². The van der Waals surface area contributed by atoms with E-state index in [1.165, 1.54) is 22.8 Å². The molecule has 1 amide bonds. The van der Waals surface area contributed by atoms with E-state index >= 15 is 0 Å². The molecular formula is C17H16ClFN4O2. The van der Waals surface area contributed by atoms with Crippen molar-refractivity contribution >= 4 is 29.0 Å². The van der Waals surface area contributed by atoms with E-state index in [1.807, 2.05) is 0 Å². The smallest absolute Gasteiger partial charge is 0.276 e. The molecule has 0 atom stereocenters. The fourth-order valence-corrected chi connectivity index (χ4v) is 3.97. The number of fused-ring (bicyclic) bond motifs is 2. The maximum atomic E-state index is 13.1. The molecule has 2 aromatic heterocycles. The highest BCUT2D eigenvalue weighted by molar-refractivity contribution is 6.34. The van der Waals surface area contributed by atoms with E-state index in [2.05, 4.69) is 15.6 Å². The van der Waals surface area contributed by atoms with Crippen LogP contribution in [0.1, 0.15) is 42.6 Å². The molecule has 1 aliphatic carbocycles. The molecule has 3 heterocycles. The molecule has 4 rings (SSSR count). The first-order valence-corrected chi connectivity index (χ1v) is 8.55. The summed E-state index contributed by atoms with van der Waals surface area (Å²) < 4.78 is 14.5. The topological polar surface area (TPSA) is 76.0 Å². The molecular weight excluding hydrogens is 347 g/mol. The summed E-state index contributed by atoms with van der Waals surface area (Å²) >= 11 is 6.29. The number of pyridine rings is 2. The van der Waals surface area contributed by atoms with Gasteiger partial charge in [-0.05, 0) is 43.9 Å². The Labute approximate surface area is 148 Å². The molecule has 0 radical (unpaired) electrons. The maximum absolute atomic E-state index is 13.1. The van der Waals surface area contributed by atoms with Crippen molar-refractivity contribution in [3.05, 3.63) is 51.3 Å². The first-order valence-electron chi connectivity index (χ1n) is 8.17. The Morgan fingerprint density at radius 1 is 1.24 bits per heavy atom. The Kier molecular flexibility index (Phi) is 3.76. The first-order chi connectivity index (χ1) is 12.0. The number of hydrogen-bond acceptors (Lipinski definition) is 4. The highest BCUT2D eigenvalue weighted by atomic mass is 35.5. The zero-order chi connectivity index (χ0) is 17.6. The van der Waals surface area contributed by atoms with Gasteiger partial charge in [-0.1, -0.05) is 18.0 Å². The fourth-order valence-electron chi connectivity index (χ4n) is 3.69.